The summed E-state index contributed by atoms with van der Waals surface area (Å²) in [5.74, 6) is -0.385. The van der Waals surface area contributed by atoms with Gasteiger partial charge >= 0.3 is 0 Å². The molecular weight excluding hydrogens is 329 g/mol. The Morgan fingerprint density at radius 3 is 2.53 bits per heavy atom. The molecule has 0 bridgehead atoms. The topological polar surface area (TPSA) is 12.9 Å². The van der Waals surface area contributed by atoms with E-state index in [1.165, 1.54) is 6.07 Å². The van der Waals surface area contributed by atoms with Gasteiger partial charge in [-0.2, -0.15) is 0 Å². The summed E-state index contributed by atoms with van der Waals surface area (Å²) in [5.41, 5.74) is 1.86. The van der Waals surface area contributed by atoms with Crippen LogP contribution in [0.15, 0.2) is 53.0 Å². The largest absolute Gasteiger partial charge is 0.245 e. The lowest BCUT2D eigenvalue weighted by Crippen LogP contribution is -1.90. The van der Waals surface area contributed by atoms with Gasteiger partial charge in [0.1, 0.15) is 5.52 Å². The third-order valence-corrected chi connectivity index (χ3v) is 3.62. The van der Waals surface area contributed by atoms with Crippen molar-refractivity contribution in [3.05, 3.63) is 63.8 Å². The van der Waals surface area contributed by atoms with Gasteiger partial charge in [-0.1, -0.05) is 57.9 Å². The molecule has 2 aromatic carbocycles. The molecule has 19 heavy (non-hydrogen) atoms. The zero-order valence-electron chi connectivity index (χ0n) is 9.70. The average molecular weight is 337 g/mol. The van der Waals surface area contributed by atoms with Gasteiger partial charge in [0, 0.05) is 15.4 Å². The number of aromatic nitrogens is 1. The van der Waals surface area contributed by atoms with Gasteiger partial charge in [-0.25, -0.2) is 9.37 Å². The Morgan fingerprint density at radius 1 is 1.05 bits per heavy atom. The molecule has 1 heterocycles. The van der Waals surface area contributed by atoms with Crippen molar-refractivity contribution < 1.29 is 4.39 Å². The third kappa shape index (κ3) is 2.36. The van der Waals surface area contributed by atoms with Crippen LogP contribution in [0.2, 0.25) is 5.02 Å². The van der Waals surface area contributed by atoms with Crippen LogP contribution in [0.3, 0.4) is 0 Å². The maximum Gasteiger partial charge on any atom is 0.150 e. The number of halogens is 3. The summed E-state index contributed by atoms with van der Waals surface area (Å²) in [7, 11) is 0. The molecule has 1 aromatic heterocycles. The van der Waals surface area contributed by atoms with Gasteiger partial charge in [0.15, 0.2) is 5.82 Å². The third-order valence-electron chi connectivity index (χ3n) is 2.85. The number of nitrogens with zero attached hydrogens (tertiary/aromatic N) is 1. The summed E-state index contributed by atoms with van der Waals surface area (Å²) in [6.45, 7) is 0. The van der Waals surface area contributed by atoms with E-state index in [9.17, 15) is 4.39 Å². The van der Waals surface area contributed by atoms with Crippen molar-refractivity contribution in [2.24, 2.45) is 0 Å². The summed E-state index contributed by atoms with van der Waals surface area (Å²) in [6.07, 6.45) is 0. The molecule has 0 spiro atoms. The highest BCUT2D eigenvalue weighted by atomic mass is 79.9. The van der Waals surface area contributed by atoms with Crippen LogP contribution < -0.4 is 0 Å². The van der Waals surface area contributed by atoms with E-state index < -0.39 is 0 Å². The first-order chi connectivity index (χ1) is 9.15. The minimum Gasteiger partial charge on any atom is -0.245 e. The lowest BCUT2D eigenvalue weighted by molar-refractivity contribution is 0.636. The van der Waals surface area contributed by atoms with Crippen LogP contribution in [0.1, 0.15) is 0 Å². The normalized spacial score (nSPS) is 10.9. The quantitative estimate of drug-likeness (QED) is 0.575. The highest BCUT2D eigenvalue weighted by molar-refractivity contribution is 9.10. The number of hydrogen-bond donors (Lipinski definition) is 0. The Kier molecular flexibility index (Phi) is 3.25. The van der Waals surface area contributed by atoms with E-state index in [1.807, 2.05) is 30.3 Å². The molecule has 0 unspecified atom stereocenters. The van der Waals surface area contributed by atoms with E-state index in [4.69, 9.17) is 11.6 Å². The Hall–Kier alpha value is -1.45. The molecule has 0 aliphatic rings. The van der Waals surface area contributed by atoms with Gasteiger partial charge in [0.25, 0.3) is 0 Å². The fraction of sp³-hybridized carbons (Fsp3) is 0. The van der Waals surface area contributed by atoms with Gasteiger partial charge in [-0.15, -0.1) is 0 Å². The van der Waals surface area contributed by atoms with Gasteiger partial charge < -0.3 is 0 Å². The van der Waals surface area contributed by atoms with Crippen molar-refractivity contribution in [3.63, 3.8) is 0 Å². The summed E-state index contributed by atoms with van der Waals surface area (Å²) in [4.78, 5) is 4.37. The second kappa shape index (κ2) is 4.91. The van der Waals surface area contributed by atoms with Crippen molar-refractivity contribution in [2.75, 3.05) is 0 Å². The van der Waals surface area contributed by atoms with Gasteiger partial charge in [0.2, 0.25) is 0 Å². The summed E-state index contributed by atoms with van der Waals surface area (Å²) < 4.78 is 14.6. The summed E-state index contributed by atoms with van der Waals surface area (Å²) in [6, 6.07) is 14.5. The van der Waals surface area contributed by atoms with Crippen molar-refractivity contribution in [2.45, 2.75) is 0 Å². The van der Waals surface area contributed by atoms with E-state index >= 15 is 0 Å². The molecule has 1 nitrogen and oxygen atoms in total. The van der Waals surface area contributed by atoms with Crippen LogP contribution in [0.5, 0.6) is 0 Å². The smallest absolute Gasteiger partial charge is 0.150 e. The molecule has 0 amide bonds. The first-order valence-corrected chi connectivity index (χ1v) is 6.83. The van der Waals surface area contributed by atoms with E-state index in [-0.39, 0.29) is 11.3 Å². The lowest BCUT2D eigenvalue weighted by atomic mass is 10.1. The molecule has 3 rings (SSSR count). The molecule has 0 aliphatic heterocycles. The first-order valence-electron chi connectivity index (χ1n) is 5.66. The monoisotopic (exact) mass is 335 g/mol. The highest BCUT2D eigenvalue weighted by Gasteiger charge is 2.10. The zero-order chi connectivity index (χ0) is 13.4. The molecule has 0 fully saturated rings. The highest BCUT2D eigenvalue weighted by Crippen LogP contribution is 2.31. The van der Waals surface area contributed by atoms with Crippen molar-refractivity contribution >= 4 is 38.4 Å². The standard InChI is InChI=1S/C15H8BrClFN/c16-10-6-11-12(17)8-14(9-4-2-1-3-5-9)19-15(11)13(18)7-10/h1-8H. The molecule has 94 valence electrons. The molecule has 0 radical (unpaired) electrons. The maximum atomic E-state index is 14.0. The maximum absolute atomic E-state index is 14.0. The minimum atomic E-state index is -0.385. The van der Waals surface area contributed by atoms with E-state index in [2.05, 4.69) is 20.9 Å². The molecule has 0 saturated heterocycles. The molecule has 4 heteroatoms. The second-order valence-corrected chi connectivity index (χ2v) is 5.46. The summed E-state index contributed by atoms with van der Waals surface area (Å²) in [5, 5.41) is 1.09. The molecular formula is C15H8BrClFN. The molecule has 3 aromatic rings. The minimum absolute atomic E-state index is 0.287. The predicted octanol–water partition coefficient (Wildman–Crippen LogP) is 5.46. The van der Waals surface area contributed by atoms with E-state index in [0.29, 0.717) is 20.6 Å². The van der Waals surface area contributed by atoms with Crippen LogP contribution in [-0.2, 0) is 0 Å². The van der Waals surface area contributed by atoms with E-state index in [1.54, 1.807) is 12.1 Å². The van der Waals surface area contributed by atoms with Crippen LogP contribution in [0, 0.1) is 5.82 Å². The van der Waals surface area contributed by atoms with Gasteiger partial charge in [-0.05, 0) is 18.2 Å². The first kappa shape index (κ1) is 12.6. The second-order valence-electron chi connectivity index (χ2n) is 4.14. The Morgan fingerprint density at radius 2 is 1.79 bits per heavy atom. The summed E-state index contributed by atoms with van der Waals surface area (Å²) >= 11 is 9.48. The number of benzene rings is 2. The van der Waals surface area contributed by atoms with Crippen molar-refractivity contribution in [3.8, 4) is 11.3 Å². The lowest BCUT2D eigenvalue weighted by Gasteiger charge is -2.07. The van der Waals surface area contributed by atoms with Crippen molar-refractivity contribution in [1.82, 2.24) is 4.98 Å². The van der Waals surface area contributed by atoms with Gasteiger partial charge in [0.05, 0.1) is 10.7 Å². The van der Waals surface area contributed by atoms with Gasteiger partial charge in [-0.3, -0.25) is 0 Å². The number of pyridine rings is 1. The number of fused-ring (bicyclic) bond motifs is 1. The van der Waals surface area contributed by atoms with Crippen molar-refractivity contribution in [1.29, 1.82) is 0 Å². The molecule has 0 N–H and O–H groups in total. The van der Waals surface area contributed by atoms with Crippen LogP contribution in [0.25, 0.3) is 22.2 Å². The average Bonchev–Trinajstić information content (AvgIpc) is 2.41. The fourth-order valence-electron chi connectivity index (χ4n) is 1.97. The van der Waals surface area contributed by atoms with Crippen LogP contribution in [0.4, 0.5) is 4.39 Å². The Bertz CT molecular complexity index is 759. The molecule has 0 atom stereocenters. The molecule has 0 saturated carbocycles. The SMILES string of the molecule is Fc1cc(Br)cc2c(Cl)cc(-c3ccccc3)nc12. The van der Waals surface area contributed by atoms with E-state index in [0.717, 1.165) is 5.56 Å². The predicted molar refractivity (Wildman–Crippen MR) is 79.8 cm³/mol. The fourth-order valence-corrected chi connectivity index (χ4v) is 2.65. The van der Waals surface area contributed by atoms with Crippen LogP contribution >= 0.6 is 27.5 Å². The van der Waals surface area contributed by atoms with Crippen LogP contribution in [-0.4, -0.2) is 4.98 Å². The Labute approximate surface area is 123 Å². The number of hydrogen-bond acceptors (Lipinski definition) is 1. The number of rotatable bonds is 1. The Balaban J connectivity index is 2.31. The molecule has 0 aliphatic carbocycles. The zero-order valence-corrected chi connectivity index (χ0v) is 12.0.